The molecule has 4 aromatic rings. The van der Waals surface area contributed by atoms with Gasteiger partial charge in [0.1, 0.15) is 11.5 Å². The average molecular weight is 429 g/mol. The van der Waals surface area contributed by atoms with Crippen LogP contribution in [0.5, 0.6) is 0 Å². The Morgan fingerprint density at radius 3 is 2.55 bits per heavy atom. The Labute approximate surface area is 175 Å². The predicted octanol–water partition coefficient (Wildman–Crippen LogP) is 3.58. The lowest BCUT2D eigenvalue weighted by molar-refractivity contribution is 0.116. The van der Waals surface area contributed by atoms with Crippen LogP contribution in [0, 0.1) is 5.82 Å². The maximum Gasteiger partial charge on any atom is 0.314 e. The highest BCUT2D eigenvalue weighted by molar-refractivity contribution is 5.59. The molecule has 0 atom stereocenters. The first-order valence-electron chi connectivity index (χ1n) is 9.29. The molecule has 3 heterocycles. The van der Waals surface area contributed by atoms with Crippen molar-refractivity contribution in [3.05, 3.63) is 65.7 Å². The summed E-state index contributed by atoms with van der Waals surface area (Å²) in [5.41, 5.74) is 3.05. The molecule has 0 aliphatic rings. The van der Waals surface area contributed by atoms with Gasteiger partial charge in [-0.3, -0.25) is 4.98 Å². The summed E-state index contributed by atoms with van der Waals surface area (Å²) in [5.74, 6) is -1.03. The van der Waals surface area contributed by atoms with E-state index in [-0.39, 0.29) is 11.7 Å². The Balaban J connectivity index is 1.48. The maximum atomic E-state index is 14.0. The van der Waals surface area contributed by atoms with Crippen LogP contribution in [0.2, 0.25) is 0 Å². The molecule has 0 saturated heterocycles. The van der Waals surface area contributed by atoms with Crippen LogP contribution in [0.1, 0.15) is 23.6 Å². The SMILES string of the molecule is CN(C)Cc1cc(-c2cn(Cc3ccc(-c4nnc(C(F)F)o4)cn3)nn2)ccc1F. The molecule has 0 amide bonds. The summed E-state index contributed by atoms with van der Waals surface area (Å²) < 4.78 is 45.7. The van der Waals surface area contributed by atoms with Crippen LogP contribution < -0.4 is 0 Å². The van der Waals surface area contributed by atoms with E-state index in [0.717, 1.165) is 5.56 Å². The predicted molar refractivity (Wildman–Crippen MR) is 104 cm³/mol. The van der Waals surface area contributed by atoms with E-state index >= 15 is 0 Å². The van der Waals surface area contributed by atoms with Crippen LogP contribution >= 0.6 is 0 Å². The third-order valence-electron chi connectivity index (χ3n) is 4.39. The van der Waals surface area contributed by atoms with Crippen LogP contribution in [0.25, 0.3) is 22.7 Å². The van der Waals surface area contributed by atoms with E-state index < -0.39 is 12.3 Å². The van der Waals surface area contributed by atoms with Crippen molar-refractivity contribution < 1.29 is 17.6 Å². The Morgan fingerprint density at radius 1 is 1.06 bits per heavy atom. The van der Waals surface area contributed by atoms with Crippen molar-refractivity contribution in [2.24, 2.45) is 0 Å². The molecule has 0 spiro atoms. The molecule has 11 heteroatoms. The van der Waals surface area contributed by atoms with Crippen molar-refractivity contribution >= 4 is 0 Å². The summed E-state index contributed by atoms with van der Waals surface area (Å²) in [6.45, 7) is 0.814. The summed E-state index contributed by atoms with van der Waals surface area (Å²) in [6.07, 6.45) is 0.383. The van der Waals surface area contributed by atoms with Gasteiger partial charge in [-0.25, -0.2) is 9.07 Å². The topological polar surface area (TPSA) is 85.8 Å². The van der Waals surface area contributed by atoms with Crippen LogP contribution in [0.3, 0.4) is 0 Å². The molecular weight excluding hydrogens is 411 g/mol. The van der Waals surface area contributed by atoms with Gasteiger partial charge in [-0.2, -0.15) is 8.78 Å². The van der Waals surface area contributed by atoms with E-state index in [1.807, 2.05) is 19.0 Å². The van der Waals surface area contributed by atoms with E-state index in [4.69, 9.17) is 4.42 Å². The number of halogens is 3. The Bertz CT molecular complexity index is 1170. The molecule has 3 aromatic heterocycles. The lowest BCUT2D eigenvalue weighted by Gasteiger charge is -2.11. The number of aromatic nitrogens is 6. The quantitative estimate of drug-likeness (QED) is 0.444. The van der Waals surface area contributed by atoms with E-state index in [1.54, 1.807) is 35.1 Å². The summed E-state index contributed by atoms with van der Waals surface area (Å²) in [6, 6.07) is 8.19. The van der Waals surface area contributed by atoms with Crippen molar-refractivity contribution in [2.75, 3.05) is 14.1 Å². The first kappa shape index (κ1) is 20.7. The van der Waals surface area contributed by atoms with Gasteiger partial charge >= 0.3 is 6.43 Å². The Kier molecular flexibility index (Phi) is 5.76. The van der Waals surface area contributed by atoms with Crippen molar-refractivity contribution in [1.29, 1.82) is 0 Å². The largest absolute Gasteiger partial charge is 0.415 e. The van der Waals surface area contributed by atoms with Crippen LogP contribution in [0.15, 0.2) is 47.1 Å². The minimum atomic E-state index is -2.82. The van der Waals surface area contributed by atoms with E-state index in [9.17, 15) is 13.2 Å². The molecule has 1 aromatic carbocycles. The smallest absolute Gasteiger partial charge is 0.314 e. The van der Waals surface area contributed by atoms with Crippen LogP contribution in [-0.2, 0) is 13.1 Å². The van der Waals surface area contributed by atoms with E-state index in [0.29, 0.717) is 35.6 Å². The molecular formula is C20H18F3N7O. The average Bonchev–Trinajstić information content (AvgIpc) is 3.40. The van der Waals surface area contributed by atoms with Gasteiger partial charge in [0.25, 0.3) is 5.89 Å². The van der Waals surface area contributed by atoms with Crippen molar-refractivity contribution in [3.63, 3.8) is 0 Å². The fourth-order valence-corrected chi connectivity index (χ4v) is 2.95. The highest BCUT2D eigenvalue weighted by Crippen LogP contribution is 2.23. The monoisotopic (exact) mass is 429 g/mol. The number of pyridine rings is 1. The molecule has 0 radical (unpaired) electrons. The Hall–Kier alpha value is -3.60. The normalized spacial score (nSPS) is 11.6. The van der Waals surface area contributed by atoms with Gasteiger partial charge in [0, 0.05) is 23.9 Å². The van der Waals surface area contributed by atoms with Gasteiger partial charge in [0.05, 0.1) is 24.0 Å². The Morgan fingerprint density at radius 2 is 1.87 bits per heavy atom. The van der Waals surface area contributed by atoms with Gasteiger partial charge in [0.2, 0.25) is 5.89 Å². The van der Waals surface area contributed by atoms with Crippen LogP contribution in [-0.4, -0.2) is 49.2 Å². The van der Waals surface area contributed by atoms with Crippen molar-refractivity contribution in [3.8, 4) is 22.7 Å². The maximum absolute atomic E-state index is 14.0. The molecule has 0 aliphatic carbocycles. The molecule has 0 aliphatic heterocycles. The molecule has 0 fully saturated rings. The zero-order chi connectivity index (χ0) is 22.0. The molecule has 0 N–H and O–H groups in total. The molecule has 0 unspecified atom stereocenters. The molecule has 31 heavy (non-hydrogen) atoms. The van der Waals surface area contributed by atoms with E-state index in [2.05, 4.69) is 25.5 Å². The van der Waals surface area contributed by atoms with Crippen LogP contribution in [0.4, 0.5) is 13.2 Å². The zero-order valence-electron chi connectivity index (χ0n) is 16.7. The van der Waals surface area contributed by atoms with Gasteiger partial charge in [-0.05, 0) is 44.4 Å². The lowest BCUT2D eigenvalue weighted by Crippen LogP contribution is -2.12. The van der Waals surface area contributed by atoms with Gasteiger partial charge in [-0.15, -0.1) is 15.3 Å². The number of nitrogens with zero attached hydrogens (tertiary/aromatic N) is 7. The standard InChI is InChI=1S/C20H18F3N7O/c1-29(2)9-14-7-12(4-6-16(14)21)17-11-30(28-25-17)10-15-5-3-13(8-24-15)19-26-27-20(31-19)18(22)23/h3-8,11,18H,9-10H2,1-2H3. The number of benzene rings is 1. The molecule has 8 nitrogen and oxygen atoms in total. The lowest BCUT2D eigenvalue weighted by atomic mass is 10.1. The number of alkyl halides is 2. The minimum absolute atomic E-state index is 0.0257. The van der Waals surface area contributed by atoms with E-state index in [1.165, 1.54) is 12.3 Å². The van der Waals surface area contributed by atoms with Crippen molar-refractivity contribution in [1.82, 2.24) is 35.1 Å². The fourth-order valence-electron chi connectivity index (χ4n) is 2.95. The first-order valence-corrected chi connectivity index (χ1v) is 9.29. The van der Waals surface area contributed by atoms with Gasteiger partial charge in [0.15, 0.2) is 0 Å². The fraction of sp³-hybridized carbons (Fsp3) is 0.250. The zero-order valence-corrected chi connectivity index (χ0v) is 16.7. The van der Waals surface area contributed by atoms with Gasteiger partial charge < -0.3 is 9.32 Å². The summed E-state index contributed by atoms with van der Waals surface area (Å²) in [7, 11) is 3.74. The molecule has 0 bridgehead atoms. The molecule has 0 saturated carbocycles. The second-order valence-electron chi connectivity index (χ2n) is 7.13. The first-order chi connectivity index (χ1) is 14.9. The number of hydrogen-bond acceptors (Lipinski definition) is 7. The highest BCUT2D eigenvalue weighted by atomic mass is 19.3. The van der Waals surface area contributed by atoms with Crippen molar-refractivity contribution in [2.45, 2.75) is 19.5 Å². The number of hydrogen-bond donors (Lipinski definition) is 0. The second-order valence-corrected chi connectivity index (χ2v) is 7.13. The third kappa shape index (κ3) is 4.77. The highest BCUT2D eigenvalue weighted by Gasteiger charge is 2.17. The summed E-state index contributed by atoms with van der Waals surface area (Å²) in [4.78, 5) is 6.17. The van der Waals surface area contributed by atoms with Gasteiger partial charge in [-0.1, -0.05) is 5.21 Å². The summed E-state index contributed by atoms with van der Waals surface area (Å²) in [5, 5.41) is 15.2. The summed E-state index contributed by atoms with van der Waals surface area (Å²) >= 11 is 0. The minimum Gasteiger partial charge on any atom is -0.415 e. The molecule has 160 valence electrons. The third-order valence-corrected chi connectivity index (χ3v) is 4.39. The molecule has 4 rings (SSSR count). The number of rotatable bonds is 7. The second kappa shape index (κ2) is 8.64.